The third-order valence-electron chi connectivity index (χ3n) is 4.16. The summed E-state index contributed by atoms with van der Waals surface area (Å²) >= 11 is 0. The maximum Gasteiger partial charge on any atom is 0.251 e. The van der Waals surface area contributed by atoms with Gasteiger partial charge in [0.25, 0.3) is 5.91 Å². The van der Waals surface area contributed by atoms with E-state index in [0.29, 0.717) is 23.5 Å². The molecule has 0 saturated heterocycles. The second-order valence-corrected chi connectivity index (χ2v) is 6.51. The average Bonchev–Trinajstić information content (AvgIpc) is 2.92. The standard InChI is InChI=1S/C20H23N5O/c1-13-10-15(3)25(24-13)12-14(2)23-20(26)17-7-4-6-16(11-17)19-18(21)8-5-9-22-19/h4-11,14H,12,21H2,1-3H3,(H,23,26)/t14-/m0/s1. The van der Waals surface area contributed by atoms with E-state index < -0.39 is 0 Å². The second-order valence-electron chi connectivity index (χ2n) is 6.51. The van der Waals surface area contributed by atoms with Crippen LogP contribution < -0.4 is 11.1 Å². The molecule has 2 heterocycles. The van der Waals surface area contributed by atoms with Gasteiger partial charge in [-0.2, -0.15) is 5.10 Å². The van der Waals surface area contributed by atoms with Gasteiger partial charge in [-0.3, -0.25) is 14.5 Å². The Hall–Kier alpha value is -3.15. The molecule has 2 aromatic heterocycles. The van der Waals surface area contributed by atoms with Crippen LogP contribution >= 0.6 is 0 Å². The summed E-state index contributed by atoms with van der Waals surface area (Å²) in [7, 11) is 0. The van der Waals surface area contributed by atoms with Crippen LogP contribution in [0.15, 0.2) is 48.7 Å². The van der Waals surface area contributed by atoms with Crippen molar-refractivity contribution in [3.05, 3.63) is 65.6 Å². The van der Waals surface area contributed by atoms with Crippen LogP contribution in [0.3, 0.4) is 0 Å². The van der Waals surface area contributed by atoms with Gasteiger partial charge in [-0.05, 0) is 51.1 Å². The molecule has 3 aromatic rings. The minimum absolute atomic E-state index is 0.0518. The molecule has 0 radical (unpaired) electrons. The van der Waals surface area contributed by atoms with E-state index in [4.69, 9.17) is 5.73 Å². The Balaban J connectivity index is 1.73. The summed E-state index contributed by atoms with van der Waals surface area (Å²) in [6.45, 7) is 6.56. The van der Waals surface area contributed by atoms with Crippen molar-refractivity contribution in [1.29, 1.82) is 0 Å². The highest BCUT2D eigenvalue weighted by Crippen LogP contribution is 2.23. The Morgan fingerprint density at radius 3 is 2.73 bits per heavy atom. The molecule has 134 valence electrons. The average molecular weight is 349 g/mol. The number of amides is 1. The first-order valence-electron chi connectivity index (χ1n) is 8.57. The summed E-state index contributed by atoms with van der Waals surface area (Å²) in [5, 5.41) is 7.46. The monoisotopic (exact) mass is 349 g/mol. The number of carbonyl (C=O) groups is 1. The second kappa shape index (κ2) is 7.39. The Kier molecular flexibility index (Phi) is 5.02. The topological polar surface area (TPSA) is 85.8 Å². The van der Waals surface area contributed by atoms with Gasteiger partial charge in [0.15, 0.2) is 0 Å². The van der Waals surface area contributed by atoms with Gasteiger partial charge in [-0.15, -0.1) is 0 Å². The van der Waals surface area contributed by atoms with Crippen LogP contribution in [0.1, 0.15) is 28.7 Å². The fourth-order valence-electron chi connectivity index (χ4n) is 2.94. The van der Waals surface area contributed by atoms with Crippen LogP contribution in [0, 0.1) is 13.8 Å². The highest BCUT2D eigenvalue weighted by molar-refractivity contribution is 5.95. The van der Waals surface area contributed by atoms with Crippen molar-refractivity contribution in [2.24, 2.45) is 0 Å². The van der Waals surface area contributed by atoms with Crippen LogP contribution in [0.2, 0.25) is 0 Å². The zero-order valence-corrected chi connectivity index (χ0v) is 15.2. The number of hydrogen-bond donors (Lipinski definition) is 2. The van der Waals surface area contributed by atoms with Crippen LogP contribution in [0.5, 0.6) is 0 Å². The minimum atomic E-state index is -0.129. The summed E-state index contributed by atoms with van der Waals surface area (Å²) in [6, 6.07) is 12.9. The largest absolute Gasteiger partial charge is 0.397 e. The van der Waals surface area contributed by atoms with E-state index in [0.717, 1.165) is 17.0 Å². The van der Waals surface area contributed by atoms with Gasteiger partial charge in [0.2, 0.25) is 0 Å². The fraction of sp³-hybridized carbons (Fsp3) is 0.250. The number of aromatic nitrogens is 3. The Morgan fingerprint density at radius 1 is 1.23 bits per heavy atom. The molecule has 0 aliphatic carbocycles. The van der Waals surface area contributed by atoms with E-state index in [1.54, 1.807) is 24.4 Å². The van der Waals surface area contributed by atoms with Gasteiger partial charge in [0, 0.05) is 29.1 Å². The summed E-state index contributed by atoms with van der Waals surface area (Å²) in [5.41, 5.74) is 10.7. The van der Waals surface area contributed by atoms with Crippen molar-refractivity contribution in [2.45, 2.75) is 33.4 Å². The number of pyridine rings is 1. The molecular formula is C20H23N5O. The van der Waals surface area contributed by atoms with E-state index in [-0.39, 0.29) is 11.9 Å². The predicted molar refractivity (Wildman–Crippen MR) is 103 cm³/mol. The number of nitrogens with one attached hydrogen (secondary N) is 1. The summed E-state index contributed by atoms with van der Waals surface area (Å²) in [4.78, 5) is 16.9. The number of nitrogens with two attached hydrogens (primary N) is 1. The Bertz CT molecular complexity index is 931. The smallest absolute Gasteiger partial charge is 0.251 e. The van der Waals surface area contributed by atoms with Crippen LogP contribution in [0.4, 0.5) is 5.69 Å². The molecule has 3 N–H and O–H groups in total. The number of anilines is 1. The molecule has 0 bridgehead atoms. The van der Waals surface area contributed by atoms with E-state index >= 15 is 0 Å². The van der Waals surface area contributed by atoms with Gasteiger partial charge in [0.1, 0.15) is 0 Å². The highest BCUT2D eigenvalue weighted by Gasteiger charge is 2.13. The molecule has 0 saturated carbocycles. The predicted octanol–water partition coefficient (Wildman–Crippen LogP) is 2.96. The molecule has 0 fully saturated rings. The molecule has 3 rings (SSSR count). The molecule has 26 heavy (non-hydrogen) atoms. The molecular weight excluding hydrogens is 326 g/mol. The van der Waals surface area contributed by atoms with Gasteiger partial charge < -0.3 is 11.1 Å². The lowest BCUT2D eigenvalue weighted by Crippen LogP contribution is -2.36. The lowest BCUT2D eigenvalue weighted by molar-refractivity contribution is 0.0936. The highest BCUT2D eigenvalue weighted by atomic mass is 16.1. The molecule has 0 aliphatic heterocycles. The first-order chi connectivity index (χ1) is 12.4. The number of benzene rings is 1. The van der Waals surface area contributed by atoms with E-state index in [1.807, 2.05) is 49.7 Å². The maximum atomic E-state index is 12.6. The molecule has 1 amide bonds. The normalized spacial score (nSPS) is 12.0. The number of aryl methyl sites for hydroxylation is 2. The molecule has 0 spiro atoms. The van der Waals surface area contributed by atoms with E-state index in [2.05, 4.69) is 15.4 Å². The number of nitrogen functional groups attached to an aromatic ring is 1. The van der Waals surface area contributed by atoms with Crippen LogP contribution in [0.25, 0.3) is 11.3 Å². The summed E-state index contributed by atoms with van der Waals surface area (Å²) in [6.07, 6.45) is 1.69. The zero-order chi connectivity index (χ0) is 18.7. The minimum Gasteiger partial charge on any atom is -0.397 e. The molecule has 1 atom stereocenters. The van der Waals surface area contributed by atoms with Crippen molar-refractivity contribution < 1.29 is 4.79 Å². The van der Waals surface area contributed by atoms with Crippen molar-refractivity contribution in [3.8, 4) is 11.3 Å². The third kappa shape index (κ3) is 3.91. The fourth-order valence-corrected chi connectivity index (χ4v) is 2.94. The van der Waals surface area contributed by atoms with Gasteiger partial charge in [-0.25, -0.2) is 0 Å². The maximum absolute atomic E-state index is 12.6. The first kappa shape index (κ1) is 17.7. The number of carbonyl (C=O) groups excluding carboxylic acids is 1. The SMILES string of the molecule is Cc1cc(C)n(C[C@H](C)NC(=O)c2cccc(-c3ncccc3N)c2)n1. The number of rotatable bonds is 5. The van der Waals surface area contributed by atoms with Crippen LogP contribution in [-0.2, 0) is 6.54 Å². The molecule has 6 heteroatoms. The van der Waals surface area contributed by atoms with Gasteiger partial charge in [-0.1, -0.05) is 12.1 Å². The third-order valence-corrected chi connectivity index (χ3v) is 4.16. The zero-order valence-electron chi connectivity index (χ0n) is 15.2. The molecule has 1 aromatic carbocycles. The molecule has 0 unspecified atom stereocenters. The van der Waals surface area contributed by atoms with Crippen molar-refractivity contribution in [3.63, 3.8) is 0 Å². The van der Waals surface area contributed by atoms with Crippen LogP contribution in [-0.4, -0.2) is 26.7 Å². The van der Waals surface area contributed by atoms with E-state index in [1.165, 1.54) is 0 Å². The van der Waals surface area contributed by atoms with E-state index in [9.17, 15) is 4.79 Å². The molecule has 6 nitrogen and oxygen atoms in total. The number of nitrogens with zero attached hydrogens (tertiary/aromatic N) is 3. The summed E-state index contributed by atoms with van der Waals surface area (Å²) in [5.74, 6) is -0.129. The van der Waals surface area contributed by atoms with Crippen molar-refractivity contribution >= 4 is 11.6 Å². The lowest BCUT2D eigenvalue weighted by atomic mass is 10.1. The summed E-state index contributed by atoms with van der Waals surface area (Å²) < 4.78 is 1.91. The first-order valence-corrected chi connectivity index (χ1v) is 8.57. The van der Waals surface area contributed by atoms with Crippen molar-refractivity contribution in [2.75, 3.05) is 5.73 Å². The number of hydrogen-bond acceptors (Lipinski definition) is 4. The quantitative estimate of drug-likeness (QED) is 0.741. The molecule has 0 aliphatic rings. The van der Waals surface area contributed by atoms with Crippen molar-refractivity contribution in [1.82, 2.24) is 20.1 Å². The lowest BCUT2D eigenvalue weighted by Gasteiger charge is -2.15. The van der Waals surface area contributed by atoms with Gasteiger partial charge >= 0.3 is 0 Å². The van der Waals surface area contributed by atoms with Gasteiger partial charge in [0.05, 0.1) is 23.6 Å². The Morgan fingerprint density at radius 2 is 2.04 bits per heavy atom. The Labute approximate surface area is 153 Å².